The lowest BCUT2D eigenvalue weighted by molar-refractivity contribution is 0.601. The van der Waals surface area contributed by atoms with Gasteiger partial charge in [0.1, 0.15) is 5.82 Å². The highest BCUT2D eigenvalue weighted by atomic mass is 32.2. The number of pyridine rings is 1. The number of aryl methyl sites for hydroxylation is 2. The van der Waals surface area contributed by atoms with E-state index in [9.17, 15) is 8.42 Å². The highest BCUT2D eigenvalue weighted by Gasteiger charge is 2.15. The molecule has 0 unspecified atom stereocenters. The number of hydrogen-bond donors (Lipinski definition) is 2. The van der Waals surface area contributed by atoms with E-state index in [1.807, 2.05) is 13.0 Å². The van der Waals surface area contributed by atoms with Gasteiger partial charge in [0.2, 0.25) is 0 Å². The predicted octanol–water partition coefficient (Wildman–Crippen LogP) is 2.08. The first-order valence-electron chi connectivity index (χ1n) is 5.70. The molecule has 0 fully saturated rings. The van der Waals surface area contributed by atoms with Gasteiger partial charge in [-0.2, -0.15) is 0 Å². The van der Waals surface area contributed by atoms with E-state index in [0.717, 1.165) is 5.56 Å². The maximum atomic E-state index is 12.2. The monoisotopic (exact) mass is 277 g/mol. The van der Waals surface area contributed by atoms with Crippen LogP contribution in [0, 0.1) is 13.8 Å². The van der Waals surface area contributed by atoms with Crippen LogP contribution in [0.1, 0.15) is 11.1 Å². The van der Waals surface area contributed by atoms with Crippen molar-refractivity contribution in [1.29, 1.82) is 0 Å². The van der Waals surface area contributed by atoms with E-state index in [1.54, 1.807) is 31.2 Å². The molecule has 3 N–H and O–H groups in total. The molecule has 0 radical (unpaired) electrons. The van der Waals surface area contributed by atoms with Crippen molar-refractivity contribution in [3.63, 3.8) is 0 Å². The molecule has 0 spiro atoms. The standard InChI is InChI=1S/C13H15N3O2S/c1-9-4-3-5-12(6-9)19(17,18)16-13-10(2)7-11(14)8-15-13/h3-8H,14H2,1-2H3,(H,15,16). The third-order valence-corrected chi connectivity index (χ3v) is 3.97. The fourth-order valence-electron chi connectivity index (χ4n) is 1.67. The van der Waals surface area contributed by atoms with Crippen molar-refractivity contribution in [2.75, 3.05) is 10.5 Å². The second-order valence-corrected chi connectivity index (χ2v) is 6.04. The Morgan fingerprint density at radius 1 is 1.21 bits per heavy atom. The molecule has 100 valence electrons. The first-order valence-corrected chi connectivity index (χ1v) is 7.18. The van der Waals surface area contributed by atoms with Crippen LogP contribution in [-0.4, -0.2) is 13.4 Å². The van der Waals surface area contributed by atoms with Gasteiger partial charge in [0, 0.05) is 0 Å². The molecule has 6 heteroatoms. The minimum absolute atomic E-state index is 0.213. The molecule has 0 saturated carbocycles. The molecule has 0 saturated heterocycles. The molecule has 0 bridgehead atoms. The van der Waals surface area contributed by atoms with Gasteiger partial charge in [-0.25, -0.2) is 13.4 Å². The predicted molar refractivity (Wildman–Crippen MR) is 75.4 cm³/mol. The molecule has 0 aliphatic heterocycles. The maximum Gasteiger partial charge on any atom is 0.263 e. The summed E-state index contributed by atoms with van der Waals surface area (Å²) < 4.78 is 26.9. The molecule has 1 heterocycles. The van der Waals surface area contributed by atoms with Crippen LogP contribution >= 0.6 is 0 Å². The number of nitrogens with zero attached hydrogens (tertiary/aromatic N) is 1. The fraction of sp³-hybridized carbons (Fsp3) is 0.154. The molecular weight excluding hydrogens is 262 g/mol. The van der Waals surface area contributed by atoms with Crippen LogP contribution < -0.4 is 10.5 Å². The van der Waals surface area contributed by atoms with Crippen LogP contribution in [0.15, 0.2) is 41.4 Å². The van der Waals surface area contributed by atoms with Crippen molar-refractivity contribution in [2.45, 2.75) is 18.7 Å². The zero-order valence-corrected chi connectivity index (χ0v) is 11.5. The zero-order valence-electron chi connectivity index (χ0n) is 10.7. The quantitative estimate of drug-likeness (QED) is 0.899. The van der Waals surface area contributed by atoms with Crippen LogP contribution in [-0.2, 0) is 10.0 Å². The maximum absolute atomic E-state index is 12.2. The number of aromatic nitrogens is 1. The van der Waals surface area contributed by atoms with Crippen molar-refractivity contribution in [1.82, 2.24) is 4.98 Å². The molecule has 1 aromatic heterocycles. The molecular formula is C13H15N3O2S. The van der Waals surface area contributed by atoms with Crippen molar-refractivity contribution >= 4 is 21.5 Å². The Kier molecular flexibility index (Phi) is 3.44. The van der Waals surface area contributed by atoms with Crippen molar-refractivity contribution in [2.24, 2.45) is 0 Å². The Morgan fingerprint density at radius 3 is 2.58 bits per heavy atom. The molecule has 5 nitrogen and oxygen atoms in total. The van der Waals surface area contributed by atoms with Crippen molar-refractivity contribution in [3.05, 3.63) is 47.7 Å². The summed E-state index contributed by atoms with van der Waals surface area (Å²) in [5, 5.41) is 0. The van der Waals surface area contributed by atoms with Gasteiger partial charge in [-0.1, -0.05) is 12.1 Å². The highest BCUT2D eigenvalue weighted by molar-refractivity contribution is 7.92. The average molecular weight is 277 g/mol. The SMILES string of the molecule is Cc1cccc(S(=O)(=O)Nc2ncc(N)cc2C)c1. The Morgan fingerprint density at radius 2 is 1.95 bits per heavy atom. The smallest absolute Gasteiger partial charge is 0.263 e. The number of nitrogens with two attached hydrogens (primary N) is 1. The third kappa shape index (κ3) is 3.03. The summed E-state index contributed by atoms with van der Waals surface area (Å²) in [6.45, 7) is 3.59. The largest absolute Gasteiger partial charge is 0.397 e. The first kappa shape index (κ1) is 13.4. The van der Waals surface area contributed by atoms with Gasteiger partial charge in [0.25, 0.3) is 10.0 Å². The Hall–Kier alpha value is -2.08. The summed E-state index contributed by atoms with van der Waals surface area (Å²) in [6.07, 6.45) is 1.42. The van der Waals surface area contributed by atoms with E-state index in [1.165, 1.54) is 6.20 Å². The van der Waals surface area contributed by atoms with Gasteiger partial charge >= 0.3 is 0 Å². The van der Waals surface area contributed by atoms with Crippen molar-refractivity contribution < 1.29 is 8.42 Å². The molecule has 0 amide bonds. The van der Waals surface area contributed by atoms with E-state index in [-0.39, 0.29) is 10.7 Å². The number of nitrogen functional groups attached to an aromatic ring is 1. The molecule has 0 aliphatic carbocycles. The number of hydrogen-bond acceptors (Lipinski definition) is 4. The lowest BCUT2D eigenvalue weighted by atomic mass is 10.2. The molecule has 2 rings (SSSR count). The van der Waals surface area contributed by atoms with Gasteiger partial charge in [-0.15, -0.1) is 0 Å². The summed E-state index contributed by atoms with van der Waals surface area (Å²) in [5.74, 6) is 0.288. The second kappa shape index (κ2) is 4.89. The van der Waals surface area contributed by atoms with E-state index in [4.69, 9.17) is 5.73 Å². The van der Waals surface area contributed by atoms with E-state index in [2.05, 4.69) is 9.71 Å². The fourth-order valence-corrected chi connectivity index (χ4v) is 2.86. The molecule has 19 heavy (non-hydrogen) atoms. The number of nitrogens with one attached hydrogen (secondary N) is 1. The third-order valence-electron chi connectivity index (χ3n) is 2.63. The molecule has 1 aromatic carbocycles. The Bertz CT molecular complexity index is 712. The van der Waals surface area contributed by atoms with E-state index >= 15 is 0 Å². The van der Waals surface area contributed by atoms with Gasteiger partial charge < -0.3 is 5.73 Å². The number of rotatable bonds is 3. The van der Waals surface area contributed by atoms with Crippen LogP contribution in [0.5, 0.6) is 0 Å². The average Bonchev–Trinajstić information content (AvgIpc) is 2.33. The van der Waals surface area contributed by atoms with Gasteiger partial charge in [-0.3, -0.25) is 4.72 Å². The van der Waals surface area contributed by atoms with Crippen LogP contribution in [0.2, 0.25) is 0 Å². The Balaban J connectivity index is 2.36. The second-order valence-electron chi connectivity index (χ2n) is 4.36. The van der Waals surface area contributed by atoms with Gasteiger partial charge in [0.05, 0.1) is 16.8 Å². The molecule has 0 aliphatic rings. The first-order chi connectivity index (χ1) is 8.88. The lowest BCUT2D eigenvalue weighted by Crippen LogP contribution is -2.15. The van der Waals surface area contributed by atoms with E-state index < -0.39 is 10.0 Å². The summed E-state index contributed by atoms with van der Waals surface area (Å²) in [5.41, 5.74) is 7.64. The summed E-state index contributed by atoms with van der Waals surface area (Å²) in [6, 6.07) is 8.36. The zero-order chi connectivity index (χ0) is 14.0. The van der Waals surface area contributed by atoms with Crippen molar-refractivity contribution in [3.8, 4) is 0 Å². The van der Waals surface area contributed by atoms with E-state index in [0.29, 0.717) is 11.3 Å². The highest BCUT2D eigenvalue weighted by Crippen LogP contribution is 2.19. The van der Waals surface area contributed by atoms with Crippen LogP contribution in [0.25, 0.3) is 0 Å². The minimum atomic E-state index is -3.62. The van der Waals surface area contributed by atoms with Crippen LogP contribution in [0.4, 0.5) is 11.5 Å². The van der Waals surface area contributed by atoms with Crippen LogP contribution in [0.3, 0.4) is 0 Å². The summed E-state index contributed by atoms with van der Waals surface area (Å²) in [7, 11) is -3.62. The Labute approximate surface area is 112 Å². The number of benzene rings is 1. The topological polar surface area (TPSA) is 85.1 Å². The number of anilines is 2. The molecule has 0 atom stereocenters. The van der Waals surface area contributed by atoms with Gasteiger partial charge in [0.15, 0.2) is 0 Å². The summed E-state index contributed by atoms with van der Waals surface area (Å²) in [4.78, 5) is 4.21. The van der Waals surface area contributed by atoms with Gasteiger partial charge in [-0.05, 0) is 43.2 Å². The number of sulfonamides is 1. The summed E-state index contributed by atoms with van der Waals surface area (Å²) >= 11 is 0. The normalized spacial score (nSPS) is 11.3. The molecule has 2 aromatic rings. The minimum Gasteiger partial charge on any atom is -0.397 e. The lowest BCUT2D eigenvalue weighted by Gasteiger charge is -2.10.